The molecule has 5 nitrogen and oxygen atoms in total. The minimum atomic E-state index is -0.101. The number of carbonyl (C=O) groups is 1. The smallest absolute Gasteiger partial charge is 0.221 e. The number of hydrogen-bond acceptors (Lipinski definition) is 4. The molecule has 0 bridgehead atoms. The molecule has 0 atom stereocenters. The molecule has 1 fully saturated rings. The zero-order valence-corrected chi connectivity index (χ0v) is 14.1. The molecule has 126 valence electrons. The number of pyridine rings is 1. The van der Waals surface area contributed by atoms with E-state index in [4.69, 9.17) is 4.98 Å². The molecule has 5 heteroatoms. The van der Waals surface area contributed by atoms with Crippen molar-refractivity contribution in [3.8, 4) is 0 Å². The van der Waals surface area contributed by atoms with Crippen molar-refractivity contribution in [3.63, 3.8) is 0 Å². The molecule has 1 aliphatic heterocycles. The SMILES string of the molecule is CC(=O)Nc1ccc(N2CCCCCC2)nc1Nc1ccccc1. The van der Waals surface area contributed by atoms with Gasteiger partial charge in [-0.2, -0.15) is 0 Å². The van der Waals surface area contributed by atoms with Gasteiger partial charge in [-0.1, -0.05) is 31.0 Å². The highest BCUT2D eigenvalue weighted by Crippen LogP contribution is 2.28. The molecule has 2 aromatic rings. The van der Waals surface area contributed by atoms with E-state index in [-0.39, 0.29) is 5.91 Å². The molecule has 1 aliphatic rings. The first-order valence-electron chi connectivity index (χ1n) is 8.58. The summed E-state index contributed by atoms with van der Waals surface area (Å²) < 4.78 is 0. The molecule has 0 saturated carbocycles. The van der Waals surface area contributed by atoms with E-state index >= 15 is 0 Å². The van der Waals surface area contributed by atoms with Crippen LogP contribution >= 0.6 is 0 Å². The van der Waals surface area contributed by atoms with Crippen LogP contribution in [0.3, 0.4) is 0 Å². The van der Waals surface area contributed by atoms with Crippen molar-refractivity contribution in [3.05, 3.63) is 42.5 Å². The average molecular weight is 324 g/mol. The van der Waals surface area contributed by atoms with Gasteiger partial charge in [-0.05, 0) is 37.1 Å². The molecule has 1 aromatic carbocycles. The van der Waals surface area contributed by atoms with Gasteiger partial charge in [0.2, 0.25) is 5.91 Å². The van der Waals surface area contributed by atoms with Gasteiger partial charge in [-0.25, -0.2) is 4.98 Å². The summed E-state index contributed by atoms with van der Waals surface area (Å²) in [6.07, 6.45) is 4.98. The van der Waals surface area contributed by atoms with E-state index in [0.29, 0.717) is 11.5 Å². The number of anilines is 4. The Morgan fingerprint density at radius 1 is 1.00 bits per heavy atom. The molecule has 0 spiro atoms. The van der Waals surface area contributed by atoms with Crippen LogP contribution in [0.15, 0.2) is 42.5 Å². The first-order valence-corrected chi connectivity index (χ1v) is 8.58. The lowest BCUT2D eigenvalue weighted by Gasteiger charge is -2.23. The van der Waals surface area contributed by atoms with E-state index in [2.05, 4.69) is 15.5 Å². The number of aromatic nitrogens is 1. The number of nitrogens with zero attached hydrogens (tertiary/aromatic N) is 2. The van der Waals surface area contributed by atoms with Crippen LogP contribution in [-0.2, 0) is 4.79 Å². The van der Waals surface area contributed by atoms with E-state index < -0.39 is 0 Å². The van der Waals surface area contributed by atoms with Crippen molar-refractivity contribution in [2.45, 2.75) is 32.6 Å². The van der Waals surface area contributed by atoms with E-state index in [1.807, 2.05) is 42.5 Å². The van der Waals surface area contributed by atoms with Crippen LogP contribution in [-0.4, -0.2) is 24.0 Å². The van der Waals surface area contributed by atoms with Crippen LogP contribution in [0.25, 0.3) is 0 Å². The number of amides is 1. The van der Waals surface area contributed by atoms with Gasteiger partial charge in [0, 0.05) is 25.7 Å². The number of hydrogen-bond donors (Lipinski definition) is 2. The van der Waals surface area contributed by atoms with Crippen molar-refractivity contribution >= 4 is 28.9 Å². The van der Waals surface area contributed by atoms with Gasteiger partial charge < -0.3 is 15.5 Å². The number of carbonyl (C=O) groups excluding carboxylic acids is 1. The maximum Gasteiger partial charge on any atom is 0.221 e. The minimum absolute atomic E-state index is 0.101. The zero-order valence-electron chi connectivity index (χ0n) is 14.1. The Hall–Kier alpha value is -2.56. The fourth-order valence-electron chi connectivity index (χ4n) is 2.97. The number of benzene rings is 1. The van der Waals surface area contributed by atoms with Gasteiger partial charge in [0.25, 0.3) is 0 Å². The summed E-state index contributed by atoms with van der Waals surface area (Å²) in [5, 5.41) is 6.17. The Morgan fingerprint density at radius 2 is 1.71 bits per heavy atom. The molecule has 2 heterocycles. The molecule has 2 N–H and O–H groups in total. The summed E-state index contributed by atoms with van der Waals surface area (Å²) in [5.74, 6) is 1.54. The summed E-state index contributed by atoms with van der Waals surface area (Å²) in [7, 11) is 0. The van der Waals surface area contributed by atoms with Crippen LogP contribution in [0.4, 0.5) is 23.0 Å². The molecule has 0 radical (unpaired) electrons. The first kappa shape index (κ1) is 16.3. The van der Waals surface area contributed by atoms with Crippen LogP contribution in [0.5, 0.6) is 0 Å². The van der Waals surface area contributed by atoms with Gasteiger partial charge in [-0.3, -0.25) is 4.79 Å². The van der Waals surface area contributed by atoms with E-state index in [1.54, 1.807) is 0 Å². The van der Waals surface area contributed by atoms with Gasteiger partial charge in [0.1, 0.15) is 5.82 Å². The Balaban J connectivity index is 1.89. The first-order chi connectivity index (χ1) is 11.7. The maximum absolute atomic E-state index is 11.5. The molecular formula is C19H24N4O. The highest BCUT2D eigenvalue weighted by molar-refractivity contribution is 5.92. The van der Waals surface area contributed by atoms with Crippen molar-refractivity contribution < 1.29 is 4.79 Å². The number of rotatable bonds is 4. The van der Waals surface area contributed by atoms with Crippen LogP contribution in [0.2, 0.25) is 0 Å². The highest BCUT2D eigenvalue weighted by atomic mass is 16.1. The van der Waals surface area contributed by atoms with Crippen molar-refractivity contribution in [1.29, 1.82) is 0 Å². The summed E-state index contributed by atoms with van der Waals surface area (Å²) in [4.78, 5) is 18.6. The molecule has 1 saturated heterocycles. The zero-order chi connectivity index (χ0) is 16.8. The fraction of sp³-hybridized carbons (Fsp3) is 0.368. The van der Waals surface area contributed by atoms with Crippen LogP contribution in [0, 0.1) is 0 Å². The van der Waals surface area contributed by atoms with Gasteiger partial charge in [0.15, 0.2) is 5.82 Å². The number of nitrogens with one attached hydrogen (secondary N) is 2. The van der Waals surface area contributed by atoms with Crippen molar-refractivity contribution in [1.82, 2.24) is 4.98 Å². The summed E-state index contributed by atoms with van der Waals surface area (Å²) >= 11 is 0. The monoisotopic (exact) mass is 324 g/mol. The third-order valence-electron chi connectivity index (χ3n) is 4.16. The predicted molar refractivity (Wildman–Crippen MR) is 98.9 cm³/mol. The third-order valence-corrected chi connectivity index (χ3v) is 4.16. The molecule has 1 amide bonds. The van der Waals surface area contributed by atoms with Gasteiger partial charge in [-0.15, -0.1) is 0 Å². The second kappa shape index (κ2) is 7.81. The minimum Gasteiger partial charge on any atom is -0.357 e. The molecule has 0 aliphatic carbocycles. The van der Waals surface area contributed by atoms with Crippen molar-refractivity contribution in [2.75, 3.05) is 28.6 Å². The van der Waals surface area contributed by atoms with Crippen molar-refractivity contribution in [2.24, 2.45) is 0 Å². The fourth-order valence-corrected chi connectivity index (χ4v) is 2.97. The maximum atomic E-state index is 11.5. The van der Waals surface area contributed by atoms with Crippen LogP contribution in [0.1, 0.15) is 32.6 Å². The number of para-hydroxylation sites is 1. The third kappa shape index (κ3) is 4.25. The average Bonchev–Trinajstić information content (AvgIpc) is 2.86. The van der Waals surface area contributed by atoms with E-state index in [0.717, 1.165) is 24.6 Å². The standard InChI is InChI=1S/C19H24N4O/c1-15(24)20-17-11-12-18(23-13-7-2-3-8-14-23)22-19(17)21-16-9-5-4-6-10-16/h4-6,9-12H,2-3,7-8,13-14H2,1H3,(H,20,24)(H,21,22). The highest BCUT2D eigenvalue weighted by Gasteiger charge is 2.14. The quantitative estimate of drug-likeness (QED) is 0.886. The summed E-state index contributed by atoms with van der Waals surface area (Å²) in [6, 6.07) is 13.8. The Labute approximate surface area is 143 Å². The van der Waals surface area contributed by atoms with Gasteiger partial charge in [0.05, 0.1) is 5.69 Å². The normalized spacial score (nSPS) is 14.8. The lowest BCUT2D eigenvalue weighted by molar-refractivity contribution is -0.114. The largest absolute Gasteiger partial charge is 0.357 e. The Morgan fingerprint density at radius 3 is 2.38 bits per heavy atom. The predicted octanol–water partition coefficient (Wildman–Crippen LogP) is 4.16. The molecule has 0 unspecified atom stereocenters. The second-order valence-corrected chi connectivity index (χ2v) is 6.14. The van der Waals surface area contributed by atoms with Crippen LogP contribution < -0.4 is 15.5 Å². The Bertz CT molecular complexity index is 679. The lowest BCUT2D eigenvalue weighted by atomic mass is 10.2. The summed E-state index contributed by atoms with van der Waals surface area (Å²) in [5.41, 5.74) is 1.65. The van der Waals surface area contributed by atoms with E-state index in [1.165, 1.54) is 32.6 Å². The molecule has 1 aromatic heterocycles. The summed E-state index contributed by atoms with van der Waals surface area (Å²) in [6.45, 7) is 3.59. The van der Waals surface area contributed by atoms with E-state index in [9.17, 15) is 4.79 Å². The second-order valence-electron chi connectivity index (χ2n) is 6.14. The van der Waals surface area contributed by atoms with Gasteiger partial charge >= 0.3 is 0 Å². The topological polar surface area (TPSA) is 57.3 Å². The lowest BCUT2D eigenvalue weighted by Crippen LogP contribution is -2.25. The molecule has 3 rings (SSSR count). The Kier molecular flexibility index (Phi) is 5.31. The molecular weight excluding hydrogens is 300 g/mol. The molecule has 24 heavy (non-hydrogen) atoms.